The summed E-state index contributed by atoms with van der Waals surface area (Å²) in [4.78, 5) is 22.6. The monoisotopic (exact) mass is 286 g/mol. The fourth-order valence-corrected chi connectivity index (χ4v) is 2.46. The van der Waals surface area contributed by atoms with Crippen molar-refractivity contribution >= 4 is 11.9 Å². The molecule has 116 valence electrons. The molecular weight excluding hydrogens is 260 g/mol. The quantitative estimate of drug-likeness (QED) is 0.609. The SMILES string of the molecule is CC(C)CC(CNC(=O)CC1COCCN1)CC(=O)O. The predicted octanol–water partition coefficient (Wildman–Crippen LogP) is 0.618. The number of carboxylic acids is 1. The topological polar surface area (TPSA) is 87.7 Å². The molecule has 0 aromatic carbocycles. The molecule has 0 aliphatic carbocycles. The fraction of sp³-hybridized carbons (Fsp3) is 0.857. The number of nitrogens with one attached hydrogen (secondary N) is 2. The van der Waals surface area contributed by atoms with E-state index in [0.717, 1.165) is 13.0 Å². The van der Waals surface area contributed by atoms with Crippen LogP contribution in [-0.4, -0.2) is 49.3 Å². The van der Waals surface area contributed by atoms with Gasteiger partial charge in [-0.1, -0.05) is 13.8 Å². The van der Waals surface area contributed by atoms with Crippen LogP contribution in [-0.2, 0) is 14.3 Å². The first-order valence-corrected chi connectivity index (χ1v) is 7.27. The minimum absolute atomic E-state index is 0.00739. The van der Waals surface area contributed by atoms with Crippen LogP contribution in [0.15, 0.2) is 0 Å². The average molecular weight is 286 g/mol. The van der Waals surface area contributed by atoms with Crippen molar-refractivity contribution in [1.82, 2.24) is 10.6 Å². The van der Waals surface area contributed by atoms with Gasteiger partial charge in [-0.25, -0.2) is 0 Å². The van der Waals surface area contributed by atoms with E-state index >= 15 is 0 Å². The Kier molecular flexibility index (Phi) is 7.54. The largest absolute Gasteiger partial charge is 0.481 e. The van der Waals surface area contributed by atoms with Crippen molar-refractivity contribution in [2.75, 3.05) is 26.3 Å². The lowest BCUT2D eigenvalue weighted by molar-refractivity contribution is -0.138. The standard InChI is InChI=1S/C14H26N2O4/c1-10(2)5-11(6-14(18)19)8-16-13(17)7-12-9-20-4-3-15-12/h10-12,15H,3-9H2,1-2H3,(H,16,17)(H,18,19). The molecule has 0 bridgehead atoms. The summed E-state index contributed by atoms with van der Waals surface area (Å²) >= 11 is 0. The highest BCUT2D eigenvalue weighted by Gasteiger charge is 2.19. The highest BCUT2D eigenvalue weighted by Crippen LogP contribution is 2.14. The molecule has 2 unspecified atom stereocenters. The number of amides is 1. The van der Waals surface area contributed by atoms with Crippen molar-refractivity contribution in [3.05, 3.63) is 0 Å². The van der Waals surface area contributed by atoms with Crippen molar-refractivity contribution in [1.29, 1.82) is 0 Å². The smallest absolute Gasteiger partial charge is 0.303 e. The highest BCUT2D eigenvalue weighted by atomic mass is 16.5. The van der Waals surface area contributed by atoms with Gasteiger partial charge in [0.1, 0.15) is 0 Å². The lowest BCUT2D eigenvalue weighted by Crippen LogP contribution is -2.44. The zero-order valence-corrected chi connectivity index (χ0v) is 12.4. The molecule has 1 aliphatic rings. The number of hydrogen-bond acceptors (Lipinski definition) is 4. The third-order valence-corrected chi connectivity index (χ3v) is 3.29. The Morgan fingerprint density at radius 3 is 2.75 bits per heavy atom. The summed E-state index contributed by atoms with van der Waals surface area (Å²) in [7, 11) is 0. The lowest BCUT2D eigenvalue weighted by Gasteiger charge is -2.24. The molecular formula is C14H26N2O4. The van der Waals surface area contributed by atoms with Crippen LogP contribution < -0.4 is 10.6 Å². The number of carboxylic acid groups (broad SMARTS) is 1. The van der Waals surface area contributed by atoms with Crippen molar-refractivity contribution in [2.45, 2.75) is 39.2 Å². The van der Waals surface area contributed by atoms with E-state index in [1.54, 1.807) is 0 Å². The van der Waals surface area contributed by atoms with E-state index in [2.05, 4.69) is 24.5 Å². The number of aliphatic carboxylic acids is 1. The van der Waals surface area contributed by atoms with Crippen molar-refractivity contribution in [3.8, 4) is 0 Å². The van der Waals surface area contributed by atoms with Gasteiger partial charge >= 0.3 is 5.97 Å². The number of carbonyl (C=O) groups excluding carboxylic acids is 1. The third-order valence-electron chi connectivity index (χ3n) is 3.29. The molecule has 0 spiro atoms. The Hall–Kier alpha value is -1.14. The van der Waals surface area contributed by atoms with Gasteiger partial charge in [0, 0.05) is 32.0 Å². The predicted molar refractivity (Wildman–Crippen MR) is 75.4 cm³/mol. The molecule has 1 heterocycles. The zero-order chi connectivity index (χ0) is 15.0. The molecule has 1 saturated heterocycles. The van der Waals surface area contributed by atoms with Crippen LogP contribution in [0.3, 0.4) is 0 Å². The van der Waals surface area contributed by atoms with E-state index in [-0.39, 0.29) is 24.3 Å². The Balaban J connectivity index is 2.29. The van der Waals surface area contributed by atoms with Crippen LogP contribution in [0.25, 0.3) is 0 Å². The van der Waals surface area contributed by atoms with Crippen LogP contribution in [0.2, 0.25) is 0 Å². The second-order valence-corrected chi connectivity index (χ2v) is 5.83. The second kappa shape index (κ2) is 8.92. The van der Waals surface area contributed by atoms with Crippen molar-refractivity contribution in [2.24, 2.45) is 11.8 Å². The van der Waals surface area contributed by atoms with Gasteiger partial charge in [-0.15, -0.1) is 0 Å². The van der Waals surface area contributed by atoms with Gasteiger partial charge in [-0.3, -0.25) is 9.59 Å². The Morgan fingerprint density at radius 2 is 2.20 bits per heavy atom. The summed E-state index contributed by atoms with van der Waals surface area (Å²) in [5, 5.41) is 14.9. The molecule has 0 radical (unpaired) electrons. The van der Waals surface area contributed by atoms with E-state index in [1.165, 1.54) is 0 Å². The molecule has 1 amide bonds. The highest BCUT2D eigenvalue weighted by molar-refractivity contribution is 5.76. The van der Waals surface area contributed by atoms with Crippen molar-refractivity contribution < 1.29 is 19.4 Å². The first-order chi connectivity index (χ1) is 9.47. The van der Waals surface area contributed by atoms with Crippen LogP contribution >= 0.6 is 0 Å². The van der Waals surface area contributed by atoms with E-state index in [4.69, 9.17) is 9.84 Å². The Morgan fingerprint density at radius 1 is 1.45 bits per heavy atom. The molecule has 2 atom stereocenters. The molecule has 6 nitrogen and oxygen atoms in total. The summed E-state index contributed by atoms with van der Waals surface area (Å²) < 4.78 is 5.29. The maximum atomic E-state index is 11.8. The number of carbonyl (C=O) groups is 2. The first kappa shape index (κ1) is 16.9. The van der Waals surface area contributed by atoms with Gasteiger partial charge in [0.15, 0.2) is 0 Å². The normalized spacial score (nSPS) is 20.6. The van der Waals surface area contributed by atoms with Crippen LogP contribution in [0.4, 0.5) is 0 Å². The average Bonchev–Trinajstić information content (AvgIpc) is 2.36. The summed E-state index contributed by atoms with van der Waals surface area (Å²) in [6.07, 6.45) is 1.28. The summed E-state index contributed by atoms with van der Waals surface area (Å²) in [5.41, 5.74) is 0. The molecule has 1 aliphatic heterocycles. The molecule has 3 N–H and O–H groups in total. The van der Waals surface area contributed by atoms with Gasteiger partial charge in [-0.05, 0) is 18.3 Å². The maximum Gasteiger partial charge on any atom is 0.303 e. The molecule has 0 aromatic rings. The maximum absolute atomic E-state index is 11.8. The number of hydrogen-bond donors (Lipinski definition) is 3. The number of rotatable bonds is 8. The zero-order valence-electron chi connectivity index (χ0n) is 12.4. The summed E-state index contributed by atoms with van der Waals surface area (Å²) in [5.74, 6) is -0.448. The van der Waals surface area contributed by atoms with E-state index in [9.17, 15) is 9.59 Å². The molecule has 0 saturated carbocycles. The summed E-state index contributed by atoms with van der Waals surface area (Å²) in [6.45, 7) is 6.55. The third kappa shape index (κ3) is 7.45. The Labute approximate surface area is 120 Å². The Bertz CT molecular complexity index is 314. The molecule has 1 fully saturated rings. The first-order valence-electron chi connectivity index (χ1n) is 7.27. The summed E-state index contributed by atoms with van der Waals surface area (Å²) in [6, 6.07) is 0.0618. The van der Waals surface area contributed by atoms with E-state index in [0.29, 0.717) is 32.1 Å². The fourth-order valence-electron chi connectivity index (χ4n) is 2.46. The second-order valence-electron chi connectivity index (χ2n) is 5.83. The molecule has 0 aromatic heterocycles. The van der Waals surface area contributed by atoms with Crippen LogP contribution in [0, 0.1) is 11.8 Å². The number of ether oxygens (including phenoxy) is 1. The van der Waals surface area contributed by atoms with E-state index in [1.807, 2.05) is 0 Å². The van der Waals surface area contributed by atoms with Crippen LogP contribution in [0.5, 0.6) is 0 Å². The van der Waals surface area contributed by atoms with Gasteiger partial charge in [0.25, 0.3) is 0 Å². The minimum atomic E-state index is -0.813. The minimum Gasteiger partial charge on any atom is -0.481 e. The van der Waals surface area contributed by atoms with Gasteiger partial charge < -0.3 is 20.5 Å². The molecule has 1 rings (SSSR count). The van der Waals surface area contributed by atoms with Gasteiger partial charge in [0.2, 0.25) is 5.91 Å². The van der Waals surface area contributed by atoms with Crippen molar-refractivity contribution in [3.63, 3.8) is 0 Å². The van der Waals surface area contributed by atoms with Gasteiger partial charge in [0.05, 0.1) is 13.2 Å². The van der Waals surface area contributed by atoms with Crippen LogP contribution in [0.1, 0.15) is 33.1 Å². The molecule has 20 heavy (non-hydrogen) atoms. The van der Waals surface area contributed by atoms with E-state index < -0.39 is 5.97 Å². The lowest BCUT2D eigenvalue weighted by atomic mass is 9.94. The van der Waals surface area contributed by atoms with Gasteiger partial charge in [-0.2, -0.15) is 0 Å². The molecule has 6 heteroatoms. The number of morpholine rings is 1.